The number of ether oxygens (including phenoxy) is 1. The number of nitrogens with two attached hydrogens (primary N) is 1. The summed E-state index contributed by atoms with van der Waals surface area (Å²) in [6.07, 6.45) is 4.49. The molecule has 4 rings (SSSR count). The summed E-state index contributed by atoms with van der Waals surface area (Å²) in [4.78, 5) is 38.2. The van der Waals surface area contributed by atoms with Gasteiger partial charge >= 0.3 is 5.97 Å². The van der Waals surface area contributed by atoms with E-state index in [2.05, 4.69) is 25.2 Å². The second-order valence-corrected chi connectivity index (χ2v) is 6.85. The van der Waals surface area contributed by atoms with Crippen LogP contribution in [-0.4, -0.2) is 62.8 Å². The fourth-order valence-electron chi connectivity index (χ4n) is 3.31. The van der Waals surface area contributed by atoms with E-state index < -0.39 is 17.9 Å². The van der Waals surface area contributed by atoms with Crippen LogP contribution in [0.15, 0.2) is 36.8 Å². The minimum Gasteiger partial charge on any atom is -0.480 e. The van der Waals surface area contributed by atoms with Crippen LogP contribution in [0.25, 0.3) is 11.0 Å². The molecule has 1 aliphatic heterocycles. The SMILES string of the molecule is NC(=O)CC(C(=O)O)n1ccc2cnc(Nc3ccc(N4CCOCC4)nc3)nc21. The predicted molar refractivity (Wildman–Crippen MR) is 109 cm³/mol. The number of nitrogens with zero attached hydrogens (tertiary/aromatic N) is 5. The first-order valence-corrected chi connectivity index (χ1v) is 9.42. The van der Waals surface area contributed by atoms with E-state index in [-0.39, 0.29) is 12.4 Å². The Hall–Kier alpha value is -3.73. The van der Waals surface area contributed by atoms with Crippen molar-refractivity contribution < 1.29 is 19.4 Å². The minimum atomic E-state index is -1.16. The molecule has 1 atom stereocenters. The first-order valence-electron chi connectivity index (χ1n) is 9.42. The van der Waals surface area contributed by atoms with Crippen LogP contribution in [0.2, 0.25) is 0 Å². The van der Waals surface area contributed by atoms with Crippen molar-refractivity contribution in [2.45, 2.75) is 12.5 Å². The smallest absolute Gasteiger partial charge is 0.327 e. The number of morpholine rings is 1. The third-order valence-corrected chi connectivity index (χ3v) is 4.81. The van der Waals surface area contributed by atoms with Crippen LogP contribution in [0, 0.1) is 0 Å². The van der Waals surface area contributed by atoms with Gasteiger partial charge in [-0.3, -0.25) is 4.79 Å². The fraction of sp³-hybridized carbons (Fsp3) is 0.316. The van der Waals surface area contributed by atoms with Gasteiger partial charge in [-0.2, -0.15) is 4.98 Å². The molecule has 156 valence electrons. The molecule has 11 heteroatoms. The largest absolute Gasteiger partial charge is 0.480 e. The topological polar surface area (TPSA) is 148 Å². The number of nitrogens with one attached hydrogen (secondary N) is 1. The molecule has 0 bridgehead atoms. The number of anilines is 3. The molecule has 1 amide bonds. The third-order valence-electron chi connectivity index (χ3n) is 4.81. The van der Waals surface area contributed by atoms with E-state index >= 15 is 0 Å². The van der Waals surface area contributed by atoms with Crippen molar-refractivity contribution in [3.05, 3.63) is 36.8 Å². The summed E-state index contributed by atoms with van der Waals surface area (Å²) in [5.41, 5.74) is 6.28. The van der Waals surface area contributed by atoms with Gasteiger partial charge in [0.2, 0.25) is 11.9 Å². The number of pyridine rings is 1. The number of hydrogen-bond donors (Lipinski definition) is 3. The number of carboxylic acids is 1. The summed E-state index contributed by atoms with van der Waals surface area (Å²) in [5, 5.41) is 13.2. The summed E-state index contributed by atoms with van der Waals surface area (Å²) in [5.74, 6) is -0.721. The van der Waals surface area contributed by atoms with E-state index in [1.165, 1.54) is 4.57 Å². The van der Waals surface area contributed by atoms with Gasteiger partial charge < -0.3 is 30.4 Å². The van der Waals surface area contributed by atoms with Crippen molar-refractivity contribution in [1.82, 2.24) is 19.5 Å². The monoisotopic (exact) mass is 411 g/mol. The van der Waals surface area contributed by atoms with E-state index in [0.29, 0.717) is 29.9 Å². The molecule has 0 aliphatic carbocycles. The maximum atomic E-state index is 11.6. The Bertz CT molecular complexity index is 1060. The van der Waals surface area contributed by atoms with Crippen molar-refractivity contribution in [3.63, 3.8) is 0 Å². The number of fused-ring (bicyclic) bond motifs is 1. The molecule has 1 unspecified atom stereocenters. The van der Waals surface area contributed by atoms with Gasteiger partial charge in [-0.1, -0.05) is 0 Å². The summed E-state index contributed by atoms with van der Waals surface area (Å²) >= 11 is 0. The Labute approximate surface area is 171 Å². The standard InChI is InChI=1S/C19H21N7O4/c20-15(27)9-14(18(28)29)26-4-3-12-10-22-19(24-17(12)26)23-13-1-2-16(21-11-13)25-5-7-30-8-6-25/h1-4,10-11,14H,5-9H2,(H2,20,27)(H,28,29)(H,22,23,24). The van der Waals surface area contributed by atoms with Gasteiger partial charge in [0.1, 0.15) is 17.5 Å². The summed E-state index contributed by atoms with van der Waals surface area (Å²) in [7, 11) is 0. The van der Waals surface area contributed by atoms with Gasteiger partial charge in [0.05, 0.1) is 31.5 Å². The number of aromatic nitrogens is 4. The molecule has 1 fully saturated rings. The second-order valence-electron chi connectivity index (χ2n) is 6.85. The minimum absolute atomic E-state index is 0.284. The molecule has 0 saturated carbocycles. The third kappa shape index (κ3) is 4.15. The van der Waals surface area contributed by atoms with E-state index in [1.807, 2.05) is 12.1 Å². The number of rotatable bonds is 7. The Balaban J connectivity index is 1.56. The average Bonchev–Trinajstić information content (AvgIpc) is 3.16. The zero-order valence-electron chi connectivity index (χ0n) is 16.1. The van der Waals surface area contributed by atoms with Crippen LogP contribution in [0.4, 0.5) is 17.5 Å². The molecule has 30 heavy (non-hydrogen) atoms. The summed E-state index contributed by atoms with van der Waals surface area (Å²) < 4.78 is 6.76. The number of carbonyl (C=O) groups excluding carboxylic acids is 1. The number of aliphatic carboxylic acids is 1. The Morgan fingerprint density at radius 2 is 2.00 bits per heavy atom. The number of carbonyl (C=O) groups is 2. The lowest BCUT2D eigenvalue weighted by atomic mass is 10.2. The van der Waals surface area contributed by atoms with Crippen LogP contribution in [0.5, 0.6) is 0 Å². The average molecular weight is 411 g/mol. The van der Waals surface area contributed by atoms with Gasteiger partial charge in [0, 0.05) is 30.9 Å². The summed E-state index contributed by atoms with van der Waals surface area (Å²) in [6, 6.07) is 4.33. The molecule has 0 radical (unpaired) electrons. The molecule has 0 spiro atoms. The molecule has 1 saturated heterocycles. The molecule has 0 aromatic carbocycles. The molecule has 3 aromatic heterocycles. The van der Waals surface area contributed by atoms with Gasteiger partial charge in [0.15, 0.2) is 0 Å². The number of primary amides is 1. The zero-order chi connectivity index (χ0) is 21.1. The first-order chi connectivity index (χ1) is 14.5. The van der Waals surface area contributed by atoms with E-state index in [0.717, 1.165) is 18.9 Å². The van der Waals surface area contributed by atoms with Crippen LogP contribution in [-0.2, 0) is 14.3 Å². The highest BCUT2D eigenvalue weighted by Crippen LogP contribution is 2.23. The highest BCUT2D eigenvalue weighted by Gasteiger charge is 2.24. The number of hydrogen-bond acceptors (Lipinski definition) is 8. The van der Waals surface area contributed by atoms with Crippen molar-refractivity contribution in [2.75, 3.05) is 36.5 Å². The van der Waals surface area contributed by atoms with Crippen molar-refractivity contribution in [2.24, 2.45) is 5.73 Å². The summed E-state index contributed by atoms with van der Waals surface area (Å²) in [6.45, 7) is 2.96. The lowest BCUT2D eigenvalue weighted by Gasteiger charge is -2.27. The Morgan fingerprint density at radius 3 is 2.67 bits per heavy atom. The fourth-order valence-corrected chi connectivity index (χ4v) is 3.31. The predicted octanol–water partition coefficient (Wildman–Crippen LogP) is 0.908. The van der Waals surface area contributed by atoms with Crippen LogP contribution >= 0.6 is 0 Å². The maximum absolute atomic E-state index is 11.6. The number of amides is 1. The van der Waals surface area contributed by atoms with Crippen molar-refractivity contribution in [3.8, 4) is 0 Å². The van der Waals surface area contributed by atoms with Gasteiger partial charge in [-0.15, -0.1) is 0 Å². The zero-order valence-corrected chi connectivity index (χ0v) is 16.1. The first kappa shape index (κ1) is 19.6. The maximum Gasteiger partial charge on any atom is 0.327 e. The molecular weight excluding hydrogens is 390 g/mol. The van der Waals surface area contributed by atoms with Gasteiger partial charge in [-0.05, 0) is 18.2 Å². The molecular formula is C19H21N7O4. The van der Waals surface area contributed by atoms with Crippen molar-refractivity contribution in [1.29, 1.82) is 0 Å². The molecule has 4 N–H and O–H groups in total. The van der Waals surface area contributed by atoms with E-state index in [1.54, 1.807) is 24.7 Å². The molecule has 3 aromatic rings. The highest BCUT2D eigenvalue weighted by molar-refractivity contribution is 5.85. The Morgan fingerprint density at radius 1 is 1.20 bits per heavy atom. The van der Waals surface area contributed by atoms with Crippen LogP contribution in [0.3, 0.4) is 0 Å². The van der Waals surface area contributed by atoms with E-state index in [9.17, 15) is 14.7 Å². The molecule has 4 heterocycles. The van der Waals surface area contributed by atoms with Crippen molar-refractivity contribution >= 4 is 40.4 Å². The van der Waals surface area contributed by atoms with Crippen LogP contribution < -0.4 is 16.0 Å². The lowest BCUT2D eigenvalue weighted by molar-refractivity contribution is -0.142. The number of carboxylic acid groups (broad SMARTS) is 1. The second kappa shape index (κ2) is 8.33. The lowest BCUT2D eigenvalue weighted by Crippen LogP contribution is -2.36. The normalized spacial score (nSPS) is 15.1. The molecule has 11 nitrogen and oxygen atoms in total. The quantitative estimate of drug-likeness (QED) is 0.515. The van der Waals surface area contributed by atoms with E-state index in [4.69, 9.17) is 10.5 Å². The Kier molecular flexibility index (Phi) is 5.44. The molecule has 1 aliphatic rings. The van der Waals surface area contributed by atoms with Gasteiger partial charge in [-0.25, -0.2) is 14.8 Å². The van der Waals surface area contributed by atoms with Crippen LogP contribution in [0.1, 0.15) is 12.5 Å². The van der Waals surface area contributed by atoms with Gasteiger partial charge in [0.25, 0.3) is 0 Å². The highest BCUT2D eigenvalue weighted by atomic mass is 16.5.